The third-order valence-corrected chi connectivity index (χ3v) is 4.45. The number of piperidine rings is 1. The fourth-order valence-electron chi connectivity index (χ4n) is 3.13. The van der Waals surface area contributed by atoms with E-state index in [2.05, 4.69) is 19.2 Å². The van der Waals surface area contributed by atoms with E-state index >= 15 is 0 Å². The zero-order chi connectivity index (χ0) is 14.5. The van der Waals surface area contributed by atoms with Gasteiger partial charge in [-0.3, -0.25) is 9.59 Å². The summed E-state index contributed by atoms with van der Waals surface area (Å²) < 4.78 is 0. The Morgan fingerprint density at radius 2 is 2.15 bits per heavy atom. The lowest BCUT2D eigenvalue weighted by Gasteiger charge is -2.42. The predicted molar refractivity (Wildman–Crippen MR) is 76.9 cm³/mol. The van der Waals surface area contributed by atoms with Gasteiger partial charge >= 0.3 is 0 Å². The molecule has 4 heteroatoms. The Bertz CT molecular complexity index is 644. The Labute approximate surface area is 118 Å². The molecule has 1 aromatic carbocycles. The largest absolute Gasteiger partial charge is 0.366 e. The van der Waals surface area contributed by atoms with Crippen molar-refractivity contribution in [2.45, 2.75) is 20.3 Å². The normalized spacial score (nSPS) is 23.2. The highest BCUT2D eigenvalue weighted by Gasteiger charge is 2.41. The molecule has 1 unspecified atom stereocenters. The van der Waals surface area contributed by atoms with Gasteiger partial charge in [-0.15, -0.1) is 0 Å². The van der Waals surface area contributed by atoms with Gasteiger partial charge in [-0.1, -0.05) is 19.9 Å². The molecule has 20 heavy (non-hydrogen) atoms. The second kappa shape index (κ2) is 4.20. The molecule has 104 valence electrons. The monoisotopic (exact) mass is 270 g/mol. The Balaban J connectivity index is 2.09. The van der Waals surface area contributed by atoms with Crippen LogP contribution in [0.2, 0.25) is 0 Å². The van der Waals surface area contributed by atoms with E-state index in [1.807, 2.05) is 18.2 Å². The molecule has 0 saturated carbocycles. The number of hydrogen-bond acceptors (Lipinski definition) is 2. The molecule has 1 aliphatic carbocycles. The number of benzene rings is 1. The number of amides is 2. The third-order valence-electron chi connectivity index (χ3n) is 4.45. The summed E-state index contributed by atoms with van der Waals surface area (Å²) in [6, 6.07) is 5.44. The maximum absolute atomic E-state index is 12.0. The van der Waals surface area contributed by atoms with Crippen LogP contribution in [0.5, 0.6) is 0 Å². The van der Waals surface area contributed by atoms with E-state index in [1.54, 1.807) is 6.07 Å². The summed E-state index contributed by atoms with van der Waals surface area (Å²) in [5.41, 5.74) is 8.83. The average Bonchev–Trinajstić information content (AvgIpc) is 2.41. The molecule has 2 aliphatic rings. The Morgan fingerprint density at radius 3 is 2.85 bits per heavy atom. The average molecular weight is 270 g/mol. The minimum absolute atomic E-state index is 0.0140. The number of nitrogens with two attached hydrogens (primary N) is 1. The number of fused-ring (bicyclic) bond motifs is 2. The summed E-state index contributed by atoms with van der Waals surface area (Å²) in [6.45, 7) is 5.00. The smallest absolute Gasteiger partial charge is 0.248 e. The zero-order valence-electron chi connectivity index (χ0n) is 11.7. The molecule has 1 saturated heterocycles. The van der Waals surface area contributed by atoms with Crippen molar-refractivity contribution in [2.75, 3.05) is 6.54 Å². The van der Waals surface area contributed by atoms with Crippen molar-refractivity contribution in [3.05, 3.63) is 40.5 Å². The molecule has 4 nitrogen and oxygen atoms in total. The molecular weight excluding hydrogens is 252 g/mol. The van der Waals surface area contributed by atoms with Crippen LogP contribution >= 0.6 is 0 Å². The molecule has 3 rings (SSSR count). The highest BCUT2D eigenvalue weighted by atomic mass is 16.2. The summed E-state index contributed by atoms with van der Waals surface area (Å²) >= 11 is 0. The molecular formula is C16H18N2O2. The molecule has 1 atom stereocenters. The molecule has 0 bridgehead atoms. The third kappa shape index (κ3) is 1.92. The fraction of sp³-hybridized carbons (Fsp3) is 0.375. The molecule has 0 spiro atoms. The van der Waals surface area contributed by atoms with E-state index in [9.17, 15) is 9.59 Å². The van der Waals surface area contributed by atoms with E-state index in [1.165, 1.54) is 0 Å². The quantitative estimate of drug-likeness (QED) is 0.811. The van der Waals surface area contributed by atoms with E-state index in [-0.39, 0.29) is 17.2 Å². The van der Waals surface area contributed by atoms with Crippen molar-refractivity contribution in [1.82, 2.24) is 5.32 Å². The van der Waals surface area contributed by atoms with Crippen LogP contribution in [0.3, 0.4) is 0 Å². The maximum atomic E-state index is 12.0. The van der Waals surface area contributed by atoms with E-state index in [0.29, 0.717) is 12.1 Å². The second-order valence-electron chi connectivity index (χ2n) is 6.31. The van der Waals surface area contributed by atoms with Gasteiger partial charge < -0.3 is 11.1 Å². The van der Waals surface area contributed by atoms with E-state index in [4.69, 9.17) is 5.73 Å². The first kappa shape index (κ1) is 12.9. The first-order valence-corrected chi connectivity index (χ1v) is 6.81. The van der Waals surface area contributed by atoms with Crippen molar-refractivity contribution >= 4 is 17.9 Å². The molecule has 1 aliphatic heterocycles. The second-order valence-corrected chi connectivity index (χ2v) is 6.31. The standard InChI is InChI=1S/C16H18N2O2/c1-16(2)8-18-15(20)12-6-9-3-4-10(14(17)19)5-11(9)7-13(12)16/h3-6,13H,7-8H2,1-2H3,(H2,17,19)(H,18,20). The molecule has 0 radical (unpaired) electrons. The highest BCUT2D eigenvalue weighted by molar-refractivity contribution is 6.00. The summed E-state index contributed by atoms with van der Waals surface area (Å²) in [4.78, 5) is 23.3. The van der Waals surface area contributed by atoms with Gasteiger partial charge in [0.25, 0.3) is 0 Å². The van der Waals surface area contributed by atoms with Gasteiger partial charge in [0.05, 0.1) is 0 Å². The minimum atomic E-state index is -0.414. The van der Waals surface area contributed by atoms with Crippen molar-refractivity contribution in [3.63, 3.8) is 0 Å². The fourth-order valence-corrected chi connectivity index (χ4v) is 3.13. The molecule has 2 amide bonds. The first-order chi connectivity index (χ1) is 9.38. The number of carbonyl (C=O) groups excluding carboxylic acids is 2. The Kier molecular flexibility index (Phi) is 2.71. The lowest BCUT2D eigenvalue weighted by molar-refractivity contribution is -0.120. The summed E-state index contributed by atoms with van der Waals surface area (Å²) in [6.07, 6.45) is 2.73. The molecule has 3 N–H and O–H groups in total. The van der Waals surface area contributed by atoms with Crippen LogP contribution in [-0.4, -0.2) is 18.4 Å². The van der Waals surface area contributed by atoms with E-state index in [0.717, 1.165) is 23.1 Å². The predicted octanol–water partition coefficient (Wildman–Crippen LogP) is 1.50. The van der Waals surface area contributed by atoms with Crippen LogP contribution in [0.15, 0.2) is 23.8 Å². The van der Waals surface area contributed by atoms with Crippen LogP contribution in [0.25, 0.3) is 6.08 Å². The lowest BCUT2D eigenvalue weighted by Crippen LogP contribution is -2.49. The molecule has 1 heterocycles. The number of hydrogen-bond donors (Lipinski definition) is 2. The minimum Gasteiger partial charge on any atom is -0.366 e. The van der Waals surface area contributed by atoms with Gasteiger partial charge in [0.1, 0.15) is 0 Å². The lowest BCUT2D eigenvalue weighted by atomic mass is 9.66. The van der Waals surface area contributed by atoms with Gasteiger partial charge in [-0.05, 0) is 41.2 Å². The van der Waals surface area contributed by atoms with Gasteiger partial charge in [0, 0.05) is 23.6 Å². The zero-order valence-corrected chi connectivity index (χ0v) is 11.7. The first-order valence-electron chi connectivity index (χ1n) is 6.81. The van der Waals surface area contributed by atoms with Crippen LogP contribution in [0, 0.1) is 11.3 Å². The van der Waals surface area contributed by atoms with Crippen molar-refractivity contribution in [3.8, 4) is 0 Å². The highest BCUT2D eigenvalue weighted by Crippen LogP contribution is 2.42. The number of nitrogens with one attached hydrogen (secondary N) is 1. The van der Waals surface area contributed by atoms with Gasteiger partial charge in [0.2, 0.25) is 11.8 Å². The van der Waals surface area contributed by atoms with Crippen LogP contribution in [-0.2, 0) is 11.2 Å². The van der Waals surface area contributed by atoms with Crippen molar-refractivity contribution in [1.29, 1.82) is 0 Å². The Hall–Kier alpha value is -2.10. The Morgan fingerprint density at radius 1 is 1.40 bits per heavy atom. The van der Waals surface area contributed by atoms with Crippen LogP contribution in [0.1, 0.15) is 35.3 Å². The van der Waals surface area contributed by atoms with Crippen LogP contribution in [0.4, 0.5) is 0 Å². The number of rotatable bonds is 1. The summed E-state index contributed by atoms with van der Waals surface area (Å²) in [7, 11) is 0. The molecule has 1 fully saturated rings. The van der Waals surface area contributed by atoms with Gasteiger partial charge in [0.15, 0.2) is 0 Å². The summed E-state index contributed by atoms with van der Waals surface area (Å²) in [5.74, 6) is -0.200. The summed E-state index contributed by atoms with van der Waals surface area (Å²) in [5, 5.41) is 2.95. The van der Waals surface area contributed by atoms with Crippen molar-refractivity contribution < 1.29 is 9.59 Å². The van der Waals surface area contributed by atoms with Gasteiger partial charge in [-0.25, -0.2) is 0 Å². The number of carbonyl (C=O) groups is 2. The van der Waals surface area contributed by atoms with E-state index < -0.39 is 5.91 Å². The van der Waals surface area contributed by atoms with Crippen molar-refractivity contribution in [2.24, 2.45) is 17.1 Å². The molecule has 1 aromatic rings. The molecule has 0 aromatic heterocycles. The maximum Gasteiger partial charge on any atom is 0.248 e. The topological polar surface area (TPSA) is 72.2 Å². The SMILES string of the molecule is CC1(C)CNC(=O)C2=Cc3ccc(C(N)=O)cc3CC21. The number of primary amides is 1. The van der Waals surface area contributed by atoms with Gasteiger partial charge in [-0.2, -0.15) is 0 Å². The van der Waals surface area contributed by atoms with Crippen LogP contribution < -0.4 is 11.1 Å².